The molecule has 0 N–H and O–H groups in total. The van der Waals surface area contributed by atoms with Gasteiger partial charge in [-0.1, -0.05) is 30.3 Å². The molecule has 3 aliphatic rings. The number of hydrogen-bond donors (Lipinski definition) is 0. The van der Waals surface area contributed by atoms with Crippen molar-refractivity contribution < 1.29 is 14.3 Å². The highest BCUT2D eigenvalue weighted by molar-refractivity contribution is 5.97. The van der Waals surface area contributed by atoms with E-state index in [1.54, 1.807) is 0 Å². The average molecular weight is 242 g/mol. The van der Waals surface area contributed by atoms with Crippen LogP contribution in [-0.4, -0.2) is 11.9 Å². The van der Waals surface area contributed by atoms with Gasteiger partial charge in [0.05, 0.1) is 11.8 Å². The Morgan fingerprint density at radius 1 is 0.944 bits per heavy atom. The molecule has 0 unspecified atom stereocenters. The van der Waals surface area contributed by atoms with E-state index in [4.69, 9.17) is 4.74 Å². The Kier molecular flexibility index (Phi) is 1.97. The lowest BCUT2D eigenvalue weighted by Crippen LogP contribution is -2.29. The molecule has 3 nitrogen and oxygen atoms in total. The molecule has 0 radical (unpaired) electrons. The zero-order chi connectivity index (χ0) is 12.3. The number of carbonyl (C=O) groups is 2. The fourth-order valence-electron chi connectivity index (χ4n) is 4.34. The standard InChI is InChI=1S/C15H14O3/c16-14-12-9-6-10(8-4-2-1-3-5-8)11(7-9)13(12)15(17)18-14/h1-5,9-13H,6-7H2/t9-,10+,11+,12-,13-/m1/s1. The van der Waals surface area contributed by atoms with Crippen LogP contribution in [-0.2, 0) is 14.3 Å². The number of carbonyl (C=O) groups excluding carboxylic acids is 2. The summed E-state index contributed by atoms with van der Waals surface area (Å²) < 4.78 is 4.82. The number of hydrogen-bond acceptors (Lipinski definition) is 3. The van der Waals surface area contributed by atoms with Crippen LogP contribution in [0, 0.1) is 23.7 Å². The minimum atomic E-state index is -0.280. The van der Waals surface area contributed by atoms with Gasteiger partial charge in [0.15, 0.2) is 0 Å². The lowest BCUT2D eigenvalue weighted by molar-refractivity contribution is -0.154. The predicted octanol–water partition coefficient (Wildman–Crippen LogP) is 2.13. The quantitative estimate of drug-likeness (QED) is 0.559. The Labute approximate surface area is 105 Å². The normalized spacial score (nSPS) is 41.0. The third-order valence-corrected chi connectivity index (χ3v) is 4.98. The van der Waals surface area contributed by atoms with Gasteiger partial charge in [0, 0.05) is 0 Å². The average Bonchev–Trinajstić information content (AvgIpc) is 3.03. The van der Waals surface area contributed by atoms with Crippen molar-refractivity contribution in [1.29, 1.82) is 0 Å². The first-order chi connectivity index (χ1) is 8.75. The summed E-state index contributed by atoms with van der Waals surface area (Å²) in [7, 11) is 0. The van der Waals surface area contributed by atoms with Gasteiger partial charge in [-0.25, -0.2) is 0 Å². The van der Waals surface area contributed by atoms with E-state index in [0.29, 0.717) is 17.8 Å². The van der Waals surface area contributed by atoms with Crippen molar-refractivity contribution in [2.24, 2.45) is 23.7 Å². The number of fused-ring (bicyclic) bond motifs is 5. The van der Waals surface area contributed by atoms with E-state index in [2.05, 4.69) is 12.1 Å². The molecule has 92 valence electrons. The Hall–Kier alpha value is -1.64. The van der Waals surface area contributed by atoms with E-state index >= 15 is 0 Å². The summed E-state index contributed by atoms with van der Waals surface area (Å²) >= 11 is 0. The number of rotatable bonds is 1. The third-order valence-electron chi connectivity index (χ3n) is 4.98. The lowest BCUT2D eigenvalue weighted by Gasteiger charge is -2.27. The molecule has 2 bridgehead atoms. The maximum absolute atomic E-state index is 11.8. The molecule has 0 spiro atoms. The molecule has 0 aromatic heterocycles. The molecule has 1 aromatic carbocycles. The minimum Gasteiger partial charge on any atom is -0.393 e. The summed E-state index contributed by atoms with van der Waals surface area (Å²) in [5.74, 6) is 0.229. The van der Waals surface area contributed by atoms with Gasteiger partial charge in [-0.2, -0.15) is 0 Å². The van der Waals surface area contributed by atoms with Crippen LogP contribution in [0.3, 0.4) is 0 Å². The van der Waals surface area contributed by atoms with E-state index in [9.17, 15) is 9.59 Å². The summed E-state index contributed by atoms with van der Waals surface area (Å²) in [5.41, 5.74) is 1.30. The van der Waals surface area contributed by atoms with Crippen molar-refractivity contribution in [2.75, 3.05) is 0 Å². The number of ether oxygens (including phenoxy) is 1. The Balaban J connectivity index is 1.70. The Morgan fingerprint density at radius 3 is 2.44 bits per heavy atom. The zero-order valence-corrected chi connectivity index (χ0v) is 9.91. The molecule has 2 saturated carbocycles. The minimum absolute atomic E-state index is 0.137. The summed E-state index contributed by atoms with van der Waals surface area (Å²) in [6, 6.07) is 10.3. The molecule has 1 aliphatic heterocycles. The second-order valence-corrected chi connectivity index (χ2v) is 5.70. The van der Waals surface area contributed by atoms with E-state index in [0.717, 1.165) is 12.8 Å². The molecule has 3 fully saturated rings. The first-order valence-corrected chi connectivity index (χ1v) is 6.56. The summed E-state index contributed by atoms with van der Waals surface area (Å²) in [5, 5.41) is 0. The SMILES string of the molecule is O=C1OC(=O)[C@@H]2[C@H]3C[C@@H](C[C@H]3c3ccccc3)[C@@H]12. The maximum atomic E-state index is 11.8. The fraction of sp³-hybridized carbons (Fsp3) is 0.467. The first kappa shape index (κ1) is 10.3. The van der Waals surface area contributed by atoms with Crippen molar-refractivity contribution >= 4 is 11.9 Å². The summed E-state index contributed by atoms with van der Waals surface area (Å²) in [4.78, 5) is 23.4. The molecular weight excluding hydrogens is 228 g/mol. The van der Waals surface area contributed by atoms with E-state index in [1.807, 2.05) is 18.2 Å². The summed E-state index contributed by atoms with van der Waals surface area (Å²) in [6.45, 7) is 0. The van der Waals surface area contributed by atoms with Crippen molar-refractivity contribution in [1.82, 2.24) is 0 Å². The maximum Gasteiger partial charge on any atom is 0.317 e. The highest BCUT2D eigenvalue weighted by atomic mass is 16.6. The van der Waals surface area contributed by atoms with Crippen molar-refractivity contribution in [3.63, 3.8) is 0 Å². The molecule has 0 amide bonds. The van der Waals surface area contributed by atoms with Crippen LogP contribution in [0.4, 0.5) is 0 Å². The smallest absolute Gasteiger partial charge is 0.317 e. The van der Waals surface area contributed by atoms with Crippen LogP contribution < -0.4 is 0 Å². The predicted molar refractivity (Wildman–Crippen MR) is 63.5 cm³/mol. The number of benzene rings is 1. The van der Waals surface area contributed by atoms with Crippen LogP contribution in [0.5, 0.6) is 0 Å². The Morgan fingerprint density at radius 2 is 1.67 bits per heavy atom. The van der Waals surface area contributed by atoms with Crippen LogP contribution in [0.2, 0.25) is 0 Å². The molecule has 3 heteroatoms. The molecule has 1 aromatic rings. The number of esters is 2. The largest absolute Gasteiger partial charge is 0.393 e. The fourth-order valence-corrected chi connectivity index (χ4v) is 4.34. The molecule has 5 atom stereocenters. The molecule has 1 heterocycles. The van der Waals surface area contributed by atoms with Crippen LogP contribution >= 0.6 is 0 Å². The van der Waals surface area contributed by atoms with Crippen molar-refractivity contribution in [2.45, 2.75) is 18.8 Å². The van der Waals surface area contributed by atoms with Gasteiger partial charge in [0.1, 0.15) is 0 Å². The van der Waals surface area contributed by atoms with Crippen LogP contribution in [0.25, 0.3) is 0 Å². The Bertz CT molecular complexity index is 522. The second-order valence-electron chi connectivity index (χ2n) is 5.70. The second kappa shape index (κ2) is 3.44. The van der Waals surface area contributed by atoms with E-state index in [1.165, 1.54) is 5.56 Å². The van der Waals surface area contributed by atoms with Gasteiger partial charge in [-0.3, -0.25) is 9.59 Å². The number of cyclic esters (lactones) is 2. The van der Waals surface area contributed by atoms with Gasteiger partial charge in [0.25, 0.3) is 0 Å². The molecule has 18 heavy (non-hydrogen) atoms. The van der Waals surface area contributed by atoms with Crippen LogP contribution in [0.15, 0.2) is 30.3 Å². The van der Waals surface area contributed by atoms with Crippen molar-refractivity contribution in [3.8, 4) is 0 Å². The molecule has 1 saturated heterocycles. The zero-order valence-electron chi connectivity index (χ0n) is 9.91. The van der Waals surface area contributed by atoms with E-state index in [-0.39, 0.29) is 23.8 Å². The van der Waals surface area contributed by atoms with Gasteiger partial charge in [0.2, 0.25) is 0 Å². The third kappa shape index (κ3) is 1.19. The topological polar surface area (TPSA) is 43.4 Å². The molecular formula is C15H14O3. The van der Waals surface area contributed by atoms with E-state index < -0.39 is 0 Å². The van der Waals surface area contributed by atoms with Gasteiger partial charge < -0.3 is 4.74 Å². The van der Waals surface area contributed by atoms with Gasteiger partial charge >= 0.3 is 11.9 Å². The van der Waals surface area contributed by atoms with Gasteiger partial charge in [-0.05, 0) is 36.2 Å². The summed E-state index contributed by atoms with van der Waals surface area (Å²) in [6.07, 6.45) is 2.04. The highest BCUT2D eigenvalue weighted by Crippen LogP contribution is 2.61. The molecule has 2 aliphatic carbocycles. The van der Waals surface area contributed by atoms with Crippen LogP contribution in [0.1, 0.15) is 24.3 Å². The van der Waals surface area contributed by atoms with Crippen molar-refractivity contribution in [3.05, 3.63) is 35.9 Å². The first-order valence-electron chi connectivity index (χ1n) is 6.56. The lowest BCUT2D eigenvalue weighted by atomic mass is 9.73. The van der Waals surface area contributed by atoms with Gasteiger partial charge in [-0.15, -0.1) is 0 Å². The monoisotopic (exact) mass is 242 g/mol. The highest BCUT2D eigenvalue weighted by Gasteiger charge is 2.62. The molecule has 4 rings (SSSR count).